The van der Waals surface area contributed by atoms with Crippen LogP contribution in [0, 0.1) is 0 Å². The van der Waals surface area contributed by atoms with Crippen LogP contribution in [0.1, 0.15) is 11.1 Å². The van der Waals surface area contributed by atoms with Crippen LogP contribution in [0.2, 0.25) is 0 Å². The number of allylic oxidation sites excluding steroid dienone is 6. The monoisotopic (exact) mass is 276 g/mol. The van der Waals surface area contributed by atoms with Gasteiger partial charge in [0.1, 0.15) is 11.5 Å². The lowest BCUT2D eigenvalue weighted by Crippen LogP contribution is -2.22. The number of phenols is 2. The topological polar surface area (TPSA) is 40.5 Å². The van der Waals surface area contributed by atoms with Crippen molar-refractivity contribution in [2.75, 3.05) is 0 Å². The molecule has 0 radical (unpaired) electrons. The van der Waals surface area contributed by atoms with Gasteiger partial charge in [0, 0.05) is 0 Å². The molecule has 0 heterocycles. The molecule has 3 rings (SSSR count). The van der Waals surface area contributed by atoms with Crippen molar-refractivity contribution in [1.29, 1.82) is 0 Å². The van der Waals surface area contributed by atoms with Gasteiger partial charge in [-0.05, 0) is 35.4 Å². The van der Waals surface area contributed by atoms with Crippen molar-refractivity contribution in [1.82, 2.24) is 0 Å². The smallest absolute Gasteiger partial charge is 0.115 e. The van der Waals surface area contributed by atoms with Gasteiger partial charge in [0.15, 0.2) is 0 Å². The first-order valence-electron chi connectivity index (χ1n) is 6.83. The lowest BCUT2D eigenvalue weighted by molar-refractivity contribution is 0.475. The van der Waals surface area contributed by atoms with E-state index in [4.69, 9.17) is 0 Å². The van der Waals surface area contributed by atoms with E-state index in [1.54, 1.807) is 24.3 Å². The van der Waals surface area contributed by atoms with E-state index in [2.05, 4.69) is 12.2 Å². The highest BCUT2D eigenvalue weighted by Crippen LogP contribution is 2.37. The maximum atomic E-state index is 9.52. The van der Waals surface area contributed by atoms with Crippen molar-refractivity contribution < 1.29 is 10.2 Å². The maximum Gasteiger partial charge on any atom is 0.115 e. The molecule has 0 amide bonds. The van der Waals surface area contributed by atoms with Crippen molar-refractivity contribution in [2.24, 2.45) is 0 Å². The fourth-order valence-electron chi connectivity index (χ4n) is 2.62. The third-order valence-electron chi connectivity index (χ3n) is 3.74. The van der Waals surface area contributed by atoms with Crippen LogP contribution in [-0.2, 0) is 5.41 Å². The predicted octanol–water partition coefficient (Wildman–Crippen LogP) is 4.07. The van der Waals surface area contributed by atoms with Crippen LogP contribution in [0.15, 0.2) is 85.0 Å². The summed E-state index contributed by atoms with van der Waals surface area (Å²) in [5.41, 5.74) is 1.70. The molecule has 1 aliphatic rings. The van der Waals surface area contributed by atoms with Gasteiger partial charge in [-0.15, -0.1) is 0 Å². The molecule has 0 unspecified atom stereocenters. The second kappa shape index (κ2) is 5.33. The van der Waals surface area contributed by atoms with Crippen LogP contribution in [0.4, 0.5) is 0 Å². The van der Waals surface area contributed by atoms with Gasteiger partial charge in [-0.25, -0.2) is 0 Å². The van der Waals surface area contributed by atoms with Gasteiger partial charge in [-0.3, -0.25) is 0 Å². The van der Waals surface area contributed by atoms with E-state index in [9.17, 15) is 10.2 Å². The Kier molecular flexibility index (Phi) is 3.36. The average Bonchev–Trinajstić information content (AvgIpc) is 2.75. The van der Waals surface area contributed by atoms with Crippen LogP contribution in [0.5, 0.6) is 11.5 Å². The summed E-state index contributed by atoms with van der Waals surface area (Å²) in [5, 5.41) is 19.0. The van der Waals surface area contributed by atoms with Gasteiger partial charge in [-0.2, -0.15) is 0 Å². The summed E-state index contributed by atoms with van der Waals surface area (Å²) in [6, 6.07) is 14.4. The van der Waals surface area contributed by atoms with Crippen molar-refractivity contribution in [2.45, 2.75) is 5.41 Å². The number of phenolic OH excluding ortho intramolecular Hbond substituents is 2. The van der Waals surface area contributed by atoms with Crippen molar-refractivity contribution >= 4 is 0 Å². The fourth-order valence-corrected chi connectivity index (χ4v) is 2.62. The summed E-state index contributed by atoms with van der Waals surface area (Å²) in [6.07, 6.45) is 12.2. The van der Waals surface area contributed by atoms with Crippen LogP contribution < -0.4 is 0 Å². The summed E-state index contributed by atoms with van der Waals surface area (Å²) in [6.45, 7) is 0. The number of benzene rings is 2. The van der Waals surface area contributed by atoms with Gasteiger partial charge in [0.05, 0.1) is 5.41 Å². The molecule has 104 valence electrons. The molecule has 0 spiro atoms. The Morgan fingerprint density at radius 3 is 1.29 bits per heavy atom. The molecular weight excluding hydrogens is 260 g/mol. The first-order chi connectivity index (χ1) is 10.2. The van der Waals surface area contributed by atoms with E-state index in [1.165, 1.54) is 0 Å². The zero-order valence-electron chi connectivity index (χ0n) is 11.5. The molecule has 0 atom stereocenters. The highest BCUT2D eigenvalue weighted by molar-refractivity contribution is 5.53. The molecule has 2 N–H and O–H groups in total. The molecule has 2 aromatic rings. The molecule has 0 fully saturated rings. The first kappa shape index (κ1) is 13.3. The third kappa shape index (κ3) is 2.48. The maximum absolute atomic E-state index is 9.52. The lowest BCUT2D eigenvalue weighted by Gasteiger charge is -2.28. The Balaban J connectivity index is 2.20. The summed E-state index contributed by atoms with van der Waals surface area (Å²) in [5.74, 6) is 0.499. The third-order valence-corrected chi connectivity index (χ3v) is 3.74. The average molecular weight is 276 g/mol. The summed E-state index contributed by atoms with van der Waals surface area (Å²) in [7, 11) is 0. The van der Waals surface area contributed by atoms with E-state index in [-0.39, 0.29) is 11.5 Å². The predicted molar refractivity (Wildman–Crippen MR) is 84.4 cm³/mol. The second-order valence-electron chi connectivity index (χ2n) is 5.07. The van der Waals surface area contributed by atoms with Crippen LogP contribution in [-0.4, -0.2) is 10.2 Å². The number of aromatic hydroxyl groups is 2. The highest BCUT2D eigenvalue weighted by Gasteiger charge is 2.29. The van der Waals surface area contributed by atoms with Crippen molar-refractivity contribution in [3.05, 3.63) is 96.1 Å². The molecule has 1 aliphatic carbocycles. The zero-order valence-corrected chi connectivity index (χ0v) is 11.5. The molecule has 0 aromatic heterocycles. The minimum absolute atomic E-state index is 0.249. The van der Waals surface area contributed by atoms with Gasteiger partial charge in [-0.1, -0.05) is 60.7 Å². The lowest BCUT2D eigenvalue weighted by atomic mass is 9.74. The van der Waals surface area contributed by atoms with E-state index < -0.39 is 5.41 Å². The molecule has 2 aromatic carbocycles. The minimum atomic E-state index is -0.412. The normalized spacial score (nSPS) is 15.8. The minimum Gasteiger partial charge on any atom is -0.508 e. The summed E-state index contributed by atoms with van der Waals surface area (Å²) < 4.78 is 0. The van der Waals surface area contributed by atoms with Crippen LogP contribution in [0.25, 0.3) is 0 Å². The van der Waals surface area contributed by atoms with Crippen LogP contribution >= 0.6 is 0 Å². The summed E-state index contributed by atoms with van der Waals surface area (Å²) in [4.78, 5) is 0. The van der Waals surface area contributed by atoms with Crippen molar-refractivity contribution in [3.63, 3.8) is 0 Å². The Bertz CT molecular complexity index is 641. The highest BCUT2D eigenvalue weighted by atomic mass is 16.3. The number of rotatable bonds is 2. The van der Waals surface area contributed by atoms with Gasteiger partial charge >= 0.3 is 0 Å². The second-order valence-corrected chi connectivity index (χ2v) is 5.07. The Hall–Kier alpha value is -2.74. The van der Waals surface area contributed by atoms with Gasteiger partial charge < -0.3 is 10.2 Å². The molecule has 0 aliphatic heterocycles. The van der Waals surface area contributed by atoms with E-state index in [0.29, 0.717) is 0 Å². The Morgan fingerprint density at radius 2 is 0.905 bits per heavy atom. The molecule has 21 heavy (non-hydrogen) atoms. The molecule has 0 saturated heterocycles. The number of hydrogen-bond donors (Lipinski definition) is 2. The Morgan fingerprint density at radius 1 is 0.524 bits per heavy atom. The van der Waals surface area contributed by atoms with Gasteiger partial charge in [0.2, 0.25) is 0 Å². The van der Waals surface area contributed by atoms with E-state index >= 15 is 0 Å². The zero-order chi connectivity index (χ0) is 14.7. The quantitative estimate of drug-likeness (QED) is 0.868. The largest absolute Gasteiger partial charge is 0.508 e. The van der Waals surface area contributed by atoms with E-state index in [1.807, 2.05) is 48.6 Å². The molecule has 0 bridgehead atoms. The van der Waals surface area contributed by atoms with Crippen molar-refractivity contribution in [3.8, 4) is 11.5 Å². The van der Waals surface area contributed by atoms with E-state index in [0.717, 1.165) is 11.1 Å². The number of hydrogen-bond acceptors (Lipinski definition) is 2. The standard InChI is InChI=1S/C19H16O2/c20-17-9-5-15(6-10-17)19(13-3-1-2-4-14-19)16-7-11-18(21)12-8-16/h1-14,20-21H. The Labute approximate surface area is 124 Å². The molecule has 0 saturated carbocycles. The fraction of sp³-hybridized carbons (Fsp3) is 0.0526. The summed E-state index contributed by atoms with van der Waals surface area (Å²) >= 11 is 0. The SMILES string of the molecule is Oc1ccc(C2(c3ccc(O)cc3)C=CC=CC=C2)cc1. The van der Waals surface area contributed by atoms with Gasteiger partial charge in [0.25, 0.3) is 0 Å². The molecular formula is C19H16O2. The first-order valence-corrected chi connectivity index (χ1v) is 6.83. The molecule has 2 nitrogen and oxygen atoms in total. The van der Waals surface area contributed by atoms with Crippen LogP contribution in [0.3, 0.4) is 0 Å². The molecule has 2 heteroatoms.